The van der Waals surface area contributed by atoms with Gasteiger partial charge in [0.2, 0.25) is 0 Å². The Morgan fingerprint density at radius 2 is 2.44 bits per heavy atom. The Bertz CT molecular complexity index is 278. The Morgan fingerprint density at radius 1 is 1.56 bits per heavy atom. The molecule has 2 N–H and O–H groups in total. The van der Waals surface area contributed by atoms with Gasteiger partial charge in [0, 0.05) is 13.1 Å². The first-order chi connectivity index (χ1) is 7.81. The van der Waals surface area contributed by atoms with Crippen molar-refractivity contribution in [1.29, 1.82) is 0 Å². The van der Waals surface area contributed by atoms with E-state index in [2.05, 4.69) is 22.8 Å². The molecule has 2 rings (SSSR count). The van der Waals surface area contributed by atoms with E-state index in [0.29, 0.717) is 24.4 Å². The molecule has 90 valence electrons. The lowest BCUT2D eigenvalue weighted by Crippen LogP contribution is -2.36. The topological polar surface area (TPSA) is 50.4 Å². The molecule has 2 unspecified atom stereocenters. The second-order valence-corrected chi connectivity index (χ2v) is 4.51. The Labute approximate surface area is 96.4 Å². The Balaban J connectivity index is 1.81. The van der Waals surface area contributed by atoms with Crippen molar-refractivity contribution in [3.05, 3.63) is 12.2 Å². The summed E-state index contributed by atoms with van der Waals surface area (Å²) >= 11 is 0. The van der Waals surface area contributed by atoms with Crippen molar-refractivity contribution in [2.75, 3.05) is 26.2 Å². The number of carbonyl (C=O) groups excluding carboxylic acids is 1. The van der Waals surface area contributed by atoms with Gasteiger partial charge in [-0.1, -0.05) is 12.2 Å². The molecule has 4 nitrogen and oxygen atoms in total. The molecule has 2 aliphatic rings. The number of allylic oxidation sites excluding steroid dienone is 1. The molecule has 0 spiro atoms. The van der Waals surface area contributed by atoms with E-state index in [1.165, 1.54) is 0 Å². The quantitative estimate of drug-likeness (QED) is 0.707. The van der Waals surface area contributed by atoms with Gasteiger partial charge in [0.15, 0.2) is 0 Å². The molecule has 1 aliphatic heterocycles. The Morgan fingerprint density at radius 3 is 3.25 bits per heavy atom. The van der Waals surface area contributed by atoms with Crippen LogP contribution in [-0.2, 0) is 4.74 Å². The van der Waals surface area contributed by atoms with Crippen LogP contribution in [0.2, 0.25) is 0 Å². The molecule has 1 aliphatic carbocycles. The fourth-order valence-electron chi connectivity index (χ4n) is 2.68. The van der Waals surface area contributed by atoms with Gasteiger partial charge in [-0.15, -0.1) is 0 Å². The van der Waals surface area contributed by atoms with Crippen LogP contribution in [0.15, 0.2) is 12.2 Å². The summed E-state index contributed by atoms with van der Waals surface area (Å²) in [7, 11) is 0. The van der Waals surface area contributed by atoms with Crippen molar-refractivity contribution < 1.29 is 9.53 Å². The van der Waals surface area contributed by atoms with E-state index in [9.17, 15) is 4.79 Å². The van der Waals surface area contributed by atoms with Gasteiger partial charge >= 0.3 is 6.09 Å². The van der Waals surface area contributed by atoms with E-state index >= 15 is 0 Å². The summed E-state index contributed by atoms with van der Waals surface area (Å²) < 4.78 is 4.86. The minimum Gasteiger partial charge on any atom is -0.450 e. The minimum absolute atomic E-state index is 0.292. The highest BCUT2D eigenvalue weighted by atomic mass is 16.5. The average molecular weight is 224 g/mol. The molecule has 0 radical (unpaired) electrons. The maximum absolute atomic E-state index is 11.2. The normalized spacial score (nSPS) is 32.2. The molecule has 0 saturated carbocycles. The predicted octanol–water partition coefficient (Wildman–Crippen LogP) is 1.14. The van der Waals surface area contributed by atoms with Gasteiger partial charge in [0.05, 0.1) is 6.61 Å². The van der Waals surface area contributed by atoms with Gasteiger partial charge in [0.25, 0.3) is 0 Å². The maximum Gasteiger partial charge on any atom is 0.407 e. The zero-order valence-corrected chi connectivity index (χ0v) is 9.74. The number of nitrogens with one attached hydrogen (secondary N) is 2. The van der Waals surface area contributed by atoms with Gasteiger partial charge in [-0.05, 0) is 37.6 Å². The summed E-state index contributed by atoms with van der Waals surface area (Å²) in [4.78, 5) is 11.2. The van der Waals surface area contributed by atoms with Crippen LogP contribution in [0, 0.1) is 17.8 Å². The molecule has 0 bridgehead atoms. The first kappa shape index (κ1) is 11.5. The van der Waals surface area contributed by atoms with E-state index in [-0.39, 0.29) is 6.09 Å². The molecule has 1 amide bonds. The van der Waals surface area contributed by atoms with E-state index in [4.69, 9.17) is 4.74 Å². The number of fused-ring (bicyclic) bond motifs is 1. The van der Waals surface area contributed by atoms with Crippen LogP contribution < -0.4 is 10.6 Å². The van der Waals surface area contributed by atoms with Gasteiger partial charge < -0.3 is 15.4 Å². The fourth-order valence-corrected chi connectivity index (χ4v) is 2.68. The SMILES string of the molecule is CCOC(=O)NC[C@H]1CC=CC2CNCC21. The van der Waals surface area contributed by atoms with Gasteiger partial charge in [0.1, 0.15) is 0 Å². The third kappa shape index (κ3) is 2.55. The van der Waals surface area contributed by atoms with Crippen LogP contribution in [0.1, 0.15) is 13.3 Å². The van der Waals surface area contributed by atoms with E-state index in [0.717, 1.165) is 26.1 Å². The highest BCUT2D eigenvalue weighted by Gasteiger charge is 2.33. The monoisotopic (exact) mass is 224 g/mol. The van der Waals surface area contributed by atoms with Crippen molar-refractivity contribution in [1.82, 2.24) is 10.6 Å². The summed E-state index contributed by atoms with van der Waals surface area (Å²) in [5.74, 6) is 1.88. The summed E-state index contributed by atoms with van der Waals surface area (Å²) in [5.41, 5.74) is 0. The molecule has 0 aromatic heterocycles. The Kier molecular flexibility index (Phi) is 3.83. The minimum atomic E-state index is -0.292. The maximum atomic E-state index is 11.2. The zero-order chi connectivity index (χ0) is 11.4. The summed E-state index contributed by atoms with van der Waals surface area (Å²) in [6.45, 7) is 5.14. The average Bonchev–Trinajstić information content (AvgIpc) is 2.75. The molecule has 16 heavy (non-hydrogen) atoms. The molecule has 0 aromatic rings. The lowest BCUT2D eigenvalue weighted by molar-refractivity contribution is 0.147. The molecule has 1 saturated heterocycles. The molecular formula is C12H20N2O2. The second-order valence-electron chi connectivity index (χ2n) is 4.51. The summed E-state index contributed by atoms with van der Waals surface area (Å²) in [6, 6.07) is 0. The smallest absolute Gasteiger partial charge is 0.407 e. The van der Waals surface area contributed by atoms with Crippen molar-refractivity contribution in [3.8, 4) is 0 Å². The van der Waals surface area contributed by atoms with Crippen molar-refractivity contribution in [2.45, 2.75) is 13.3 Å². The first-order valence-corrected chi connectivity index (χ1v) is 6.09. The van der Waals surface area contributed by atoms with Crippen molar-refractivity contribution in [2.24, 2.45) is 17.8 Å². The first-order valence-electron chi connectivity index (χ1n) is 6.09. The van der Waals surface area contributed by atoms with Gasteiger partial charge in [-0.2, -0.15) is 0 Å². The van der Waals surface area contributed by atoms with Crippen LogP contribution in [0.3, 0.4) is 0 Å². The van der Waals surface area contributed by atoms with Crippen molar-refractivity contribution in [3.63, 3.8) is 0 Å². The van der Waals surface area contributed by atoms with Crippen LogP contribution >= 0.6 is 0 Å². The molecule has 0 aromatic carbocycles. The lowest BCUT2D eigenvalue weighted by atomic mass is 9.78. The molecule has 1 fully saturated rings. The molecule has 3 atom stereocenters. The van der Waals surface area contributed by atoms with Crippen molar-refractivity contribution >= 4 is 6.09 Å². The Hall–Kier alpha value is -1.03. The third-order valence-electron chi connectivity index (χ3n) is 3.52. The van der Waals surface area contributed by atoms with E-state index < -0.39 is 0 Å². The lowest BCUT2D eigenvalue weighted by Gasteiger charge is -2.29. The standard InChI is InChI=1S/C12H20N2O2/c1-2-16-12(15)14-7-10-5-3-4-9-6-13-8-11(9)10/h3-4,9-11,13H,2,5-8H2,1H3,(H,14,15)/t9?,10-,11?/m1/s1. The van der Waals surface area contributed by atoms with Crippen LogP contribution in [0.4, 0.5) is 4.79 Å². The number of rotatable bonds is 3. The predicted molar refractivity (Wildman–Crippen MR) is 62.1 cm³/mol. The van der Waals surface area contributed by atoms with Gasteiger partial charge in [-0.25, -0.2) is 4.79 Å². The van der Waals surface area contributed by atoms with Crippen LogP contribution in [0.25, 0.3) is 0 Å². The van der Waals surface area contributed by atoms with Crippen LogP contribution in [-0.4, -0.2) is 32.3 Å². The molecular weight excluding hydrogens is 204 g/mol. The zero-order valence-electron chi connectivity index (χ0n) is 9.74. The number of hydrogen-bond acceptors (Lipinski definition) is 3. The summed E-state index contributed by atoms with van der Waals surface area (Å²) in [6.07, 6.45) is 5.33. The summed E-state index contributed by atoms with van der Waals surface area (Å²) in [5, 5.41) is 6.25. The number of hydrogen-bond donors (Lipinski definition) is 2. The van der Waals surface area contributed by atoms with Gasteiger partial charge in [-0.3, -0.25) is 0 Å². The molecule has 1 heterocycles. The number of ether oxygens (including phenoxy) is 1. The number of alkyl carbamates (subject to hydrolysis) is 1. The second kappa shape index (κ2) is 5.34. The highest BCUT2D eigenvalue weighted by molar-refractivity contribution is 5.67. The largest absolute Gasteiger partial charge is 0.450 e. The van der Waals surface area contributed by atoms with Crippen LogP contribution in [0.5, 0.6) is 0 Å². The van der Waals surface area contributed by atoms with E-state index in [1.54, 1.807) is 0 Å². The molecule has 4 heteroatoms. The number of carbonyl (C=O) groups is 1. The number of amides is 1. The third-order valence-corrected chi connectivity index (χ3v) is 3.52. The van der Waals surface area contributed by atoms with E-state index in [1.807, 2.05) is 6.92 Å². The fraction of sp³-hybridized carbons (Fsp3) is 0.750. The highest BCUT2D eigenvalue weighted by Crippen LogP contribution is 2.32.